The van der Waals surface area contributed by atoms with Gasteiger partial charge in [0, 0.05) is 44.4 Å². The minimum Gasteiger partial charge on any atom is -0.343 e. The van der Waals surface area contributed by atoms with Gasteiger partial charge in [0.25, 0.3) is 5.91 Å². The van der Waals surface area contributed by atoms with Gasteiger partial charge in [0.2, 0.25) is 17.7 Å². The summed E-state index contributed by atoms with van der Waals surface area (Å²) in [5, 5.41) is 3.44. The fraction of sp³-hybridized carbons (Fsp3) is 0.600. The molecule has 4 rings (SSSR count). The number of carbonyl (C=O) groups is 4. The number of anilines is 1. The summed E-state index contributed by atoms with van der Waals surface area (Å²) in [5.74, 6) is -0.0560. The second-order valence-electron chi connectivity index (χ2n) is 7.92. The quantitative estimate of drug-likeness (QED) is 0.801. The van der Waals surface area contributed by atoms with Gasteiger partial charge in [-0.2, -0.15) is 0 Å². The van der Waals surface area contributed by atoms with Gasteiger partial charge in [-0.25, -0.2) is 0 Å². The molecular formula is C20H26N4O4S. The van der Waals surface area contributed by atoms with Crippen LogP contribution in [0.2, 0.25) is 0 Å². The molecule has 0 aliphatic carbocycles. The van der Waals surface area contributed by atoms with E-state index in [0.29, 0.717) is 55.9 Å². The Hall–Kier alpha value is -2.42. The molecule has 4 amide bonds. The Morgan fingerprint density at radius 1 is 1.10 bits per heavy atom. The van der Waals surface area contributed by atoms with E-state index in [1.54, 1.807) is 7.05 Å². The first-order valence-corrected chi connectivity index (χ1v) is 11.0. The number of fused-ring (bicyclic) bond motifs is 3. The van der Waals surface area contributed by atoms with Gasteiger partial charge in [-0.05, 0) is 31.2 Å². The molecule has 0 atom stereocenters. The van der Waals surface area contributed by atoms with Gasteiger partial charge in [-0.1, -0.05) is 0 Å². The number of rotatable bonds is 4. The van der Waals surface area contributed by atoms with Gasteiger partial charge in [0.05, 0.1) is 18.7 Å². The Morgan fingerprint density at radius 2 is 1.93 bits per heavy atom. The molecule has 156 valence electrons. The lowest BCUT2D eigenvalue weighted by atomic mass is 10.0. The van der Waals surface area contributed by atoms with Crippen molar-refractivity contribution in [2.45, 2.75) is 45.1 Å². The molecule has 1 aromatic rings. The third kappa shape index (κ3) is 4.01. The van der Waals surface area contributed by atoms with Crippen molar-refractivity contribution in [3.63, 3.8) is 0 Å². The monoisotopic (exact) mass is 418 g/mol. The molecule has 1 aromatic heterocycles. The standard InChI is InChI=1S/C20H26N4O4S/c1-22-12-15(25)21-19-18(20(22)28)13-7-10-24(11-14(13)29-19)17(27)6-4-9-23-8-3-2-5-16(23)26/h2-12H2,1H3,(H,21,25). The zero-order valence-corrected chi connectivity index (χ0v) is 17.5. The van der Waals surface area contributed by atoms with Crippen molar-refractivity contribution < 1.29 is 19.2 Å². The van der Waals surface area contributed by atoms with Crippen LogP contribution in [0.1, 0.15) is 52.9 Å². The minimum absolute atomic E-state index is 0.0547. The smallest absolute Gasteiger partial charge is 0.257 e. The molecule has 1 saturated heterocycles. The highest BCUT2D eigenvalue weighted by Gasteiger charge is 2.33. The summed E-state index contributed by atoms with van der Waals surface area (Å²) in [4.78, 5) is 55.3. The molecule has 9 heteroatoms. The largest absolute Gasteiger partial charge is 0.343 e. The molecule has 3 aliphatic rings. The Labute approximate surface area is 173 Å². The van der Waals surface area contributed by atoms with Crippen molar-refractivity contribution >= 4 is 40.0 Å². The molecule has 0 spiro atoms. The number of likely N-dealkylation sites (tertiary alicyclic amines) is 1. The SMILES string of the molecule is CN1CC(=O)Nc2sc3c(c2C1=O)CCN(C(=O)CCCN1CCCCC1=O)C3. The predicted molar refractivity (Wildman–Crippen MR) is 109 cm³/mol. The number of hydrogen-bond donors (Lipinski definition) is 1. The zero-order valence-electron chi connectivity index (χ0n) is 16.7. The van der Waals surface area contributed by atoms with Crippen LogP contribution in [0.5, 0.6) is 0 Å². The summed E-state index contributed by atoms with van der Waals surface area (Å²) < 4.78 is 0. The summed E-state index contributed by atoms with van der Waals surface area (Å²) in [6.07, 6.45) is 4.34. The molecule has 0 saturated carbocycles. The second-order valence-corrected chi connectivity index (χ2v) is 9.03. The van der Waals surface area contributed by atoms with Crippen molar-refractivity contribution in [1.29, 1.82) is 0 Å². The maximum Gasteiger partial charge on any atom is 0.257 e. The summed E-state index contributed by atoms with van der Waals surface area (Å²) >= 11 is 1.40. The van der Waals surface area contributed by atoms with Crippen molar-refractivity contribution in [2.24, 2.45) is 0 Å². The Kier molecular flexibility index (Phi) is 5.58. The first-order chi connectivity index (χ1) is 13.9. The second kappa shape index (κ2) is 8.14. The van der Waals surface area contributed by atoms with Crippen molar-refractivity contribution in [2.75, 3.05) is 38.5 Å². The van der Waals surface area contributed by atoms with Crippen LogP contribution in [0.15, 0.2) is 0 Å². The molecule has 8 nitrogen and oxygen atoms in total. The van der Waals surface area contributed by atoms with Gasteiger partial charge < -0.3 is 20.0 Å². The van der Waals surface area contributed by atoms with E-state index in [2.05, 4.69) is 5.32 Å². The maximum absolute atomic E-state index is 12.7. The number of nitrogens with one attached hydrogen (secondary N) is 1. The Balaban J connectivity index is 1.38. The zero-order chi connectivity index (χ0) is 20.5. The van der Waals surface area contributed by atoms with Crippen LogP contribution in [-0.4, -0.2) is 71.6 Å². The molecule has 1 N–H and O–H groups in total. The Bertz CT molecular complexity index is 865. The predicted octanol–water partition coefficient (Wildman–Crippen LogP) is 1.45. The van der Waals surface area contributed by atoms with E-state index in [1.165, 1.54) is 16.2 Å². The molecule has 4 heterocycles. The minimum atomic E-state index is -0.196. The van der Waals surface area contributed by atoms with Gasteiger partial charge in [0.15, 0.2) is 0 Å². The average Bonchev–Trinajstić information content (AvgIpc) is 3.00. The number of nitrogens with zero attached hydrogens (tertiary/aromatic N) is 3. The van der Waals surface area contributed by atoms with Crippen LogP contribution >= 0.6 is 11.3 Å². The van der Waals surface area contributed by atoms with E-state index >= 15 is 0 Å². The molecule has 3 aliphatic heterocycles. The van der Waals surface area contributed by atoms with E-state index in [9.17, 15) is 19.2 Å². The number of piperidine rings is 1. The van der Waals surface area contributed by atoms with Gasteiger partial charge in [0.1, 0.15) is 5.00 Å². The van der Waals surface area contributed by atoms with E-state index in [4.69, 9.17) is 0 Å². The average molecular weight is 419 g/mol. The molecule has 1 fully saturated rings. The fourth-order valence-corrected chi connectivity index (χ4v) is 5.52. The van der Waals surface area contributed by atoms with Crippen LogP contribution in [-0.2, 0) is 27.3 Å². The number of likely N-dealkylation sites (N-methyl/N-ethyl adjacent to an activating group) is 1. The third-order valence-electron chi connectivity index (χ3n) is 5.84. The van der Waals surface area contributed by atoms with E-state index in [1.807, 2.05) is 9.80 Å². The maximum atomic E-state index is 12.7. The lowest BCUT2D eigenvalue weighted by Gasteiger charge is -2.29. The highest BCUT2D eigenvalue weighted by molar-refractivity contribution is 7.17. The summed E-state index contributed by atoms with van der Waals surface area (Å²) in [5.41, 5.74) is 1.56. The number of thiophene rings is 1. The van der Waals surface area contributed by atoms with Gasteiger partial charge in [-0.15, -0.1) is 11.3 Å². The lowest BCUT2D eigenvalue weighted by Crippen LogP contribution is -2.38. The topological polar surface area (TPSA) is 90.0 Å². The van der Waals surface area contributed by atoms with Crippen LogP contribution in [0.25, 0.3) is 0 Å². The van der Waals surface area contributed by atoms with E-state index in [0.717, 1.165) is 29.8 Å². The number of amides is 4. The van der Waals surface area contributed by atoms with Gasteiger partial charge >= 0.3 is 0 Å². The van der Waals surface area contributed by atoms with Crippen molar-refractivity contribution in [1.82, 2.24) is 14.7 Å². The molecule has 0 radical (unpaired) electrons. The molecule has 29 heavy (non-hydrogen) atoms. The number of carbonyl (C=O) groups excluding carboxylic acids is 4. The van der Waals surface area contributed by atoms with Crippen LogP contribution < -0.4 is 5.32 Å². The number of hydrogen-bond acceptors (Lipinski definition) is 5. The molecule has 0 unspecified atom stereocenters. The lowest BCUT2D eigenvalue weighted by molar-refractivity contribution is -0.135. The summed E-state index contributed by atoms with van der Waals surface area (Å²) in [6, 6.07) is 0. The van der Waals surface area contributed by atoms with Crippen LogP contribution in [0.4, 0.5) is 5.00 Å². The van der Waals surface area contributed by atoms with E-state index in [-0.39, 0.29) is 30.2 Å². The van der Waals surface area contributed by atoms with Gasteiger partial charge in [-0.3, -0.25) is 19.2 Å². The summed E-state index contributed by atoms with van der Waals surface area (Å²) in [6.45, 7) is 2.54. The van der Waals surface area contributed by atoms with Crippen LogP contribution in [0, 0.1) is 0 Å². The fourth-order valence-electron chi connectivity index (χ4n) is 4.25. The Morgan fingerprint density at radius 3 is 2.72 bits per heavy atom. The molecular weight excluding hydrogens is 392 g/mol. The highest BCUT2D eigenvalue weighted by Crippen LogP contribution is 2.38. The highest BCUT2D eigenvalue weighted by atomic mass is 32.1. The van der Waals surface area contributed by atoms with E-state index < -0.39 is 0 Å². The first-order valence-electron chi connectivity index (χ1n) is 10.2. The van der Waals surface area contributed by atoms with Crippen LogP contribution in [0.3, 0.4) is 0 Å². The molecule has 0 aromatic carbocycles. The summed E-state index contributed by atoms with van der Waals surface area (Å²) in [7, 11) is 1.63. The molecule has 0 bridgehead atoms. The third-order valence-corrected chi connectivity index (χ3v) is 6.98. The van der Waals surface area contributed by atoms with Crippen molar-refractivity contribution in [3.05, 3.63) is 16.0 Å². The van der Waals surface area contributed by atoms with Crippen molar-refractivity contribution in [3.8, 4) is 0 Å². The first kappa shape index (κ1) is 19.9. The normalized spacial score (nSPS) is 19.6.